The minimum atomic E-state index is -1.40. The zero-order valence-electron chi connectivity index (χ0n) is 12.9. The smallest absolute Gasteiger partial charge is 0.326 e. The van der Waals surface area contributed by atoms with Crippen LogP contribution in [0.25, 0.3) is 0 Å². The molecule has 0 unspecified atom stereocenters. The first kappa shape index (κ1) is 20.6. The SMILES string of the molecule is CNCCCC[C@H](NC(=O)N[C@@H](CCC(=O)O)C(=O)O)C(=O)O. The van der Waals surface area contributed by atoms with Crippen molar-refractivity contribution in [1.29, 1.82) is 0 Å². The molecule has 0 radical (unpaired) electrons. The number of carboxylic acid groups (broad SMARTS) is 3. The second kappa shape index (κ2) is 11.2. The van der Waals surface area contributed by atoms with Crippen LogP contribution >= 0.6 is 0 Å². The summed E-state index contributed by atoms with van der Waals surface area (Å²) in [5.74, 6) is -3.80. The van der Waals surface area contributed by atoms with Crippen LogP contribution in [-0.4, -0.2) is 64.9 Å². The zero-order chi connectivity index (χ0) is 17.8. The van der Waals surface area contributed by atoms with Crippen molar-refractivity contribution in [2.45, 2.75) is 44.2 Å². The van der Waals surface area contributed by atoms with Gasteiger partial charge in [-0.05, 0) is 39.3 Å². The molecule has 0 rings (SSSR count). The van der Waals surface area contributed by atoms with E-state index >= 15 is 0 Å². The molecule has 132 valence electrons. The van der Waals surface area contributed by atoms with Crippen LogP contribution in [0.2, 0.25) is 0 Å². The van der Waals surface area contributed by atoms with Crippen LogP contribution in [0, 0.1) is 0 Å². The fourth-order valence-electron chi connectivity index (χ4n) is 1.79. The van der Waals surface area contributed by atoms with Gasteiger partial charge in [0.15, 0.2) is 0 Å². The highest BCUT2D eigenvalue weighted by Gasteiger charge is 2.24. The molecule has 0 aliphatic carbocycles. The molecule has 0 aliphatic rings. The molecular formula is C13H23N3O7. The molecule has 0 aromatic carbocycles. The van der Waals surface area contributed by atoms with Gasteiger partial charge in [-0.2, -0.15) is 0 Å². The minimum absolute atomic E-state index is 0.206. The number of amides is 2. The summed E-state index contributed by atoms with van der Waals surface area (Å²) in [4.78, 5) is 44.2. The average Bonchev–Trinajstić information content (AvgIpc) is 2.45. The third-order valence-electron chi connectivity index (χ3n) is 3.02. The van der Waals surface area contributed by atoms with Gasteiger partial charge in [0.05, 0.1) is 0 Å². The maximum atomic E-state index is 11.7. The van der Waals surface area contributed by atoms with Crippen LogP contribution in [0.4, 0.5) is 4.79 Å². The molecule has 23 heavy (non-hydrogen) atoms. The Morgan fingerprint density at radius 1 is 0.870 bits per heavy atom. The maximum Gasteiger partial charge on any atom is 0.326 e. The first-order valence-electron chi connectivity index (χ1n) is 7.17. The second-order valence-corrected chi connectivity index (χ2v) is 4.93. The van der Waals surface area contributed by atoms with Gasteiger partial charge in [-0.15, -0.1) is 0 Å². The van der Waals surface area contributed by atoms with Gasteiger partial charge in [-0.25, -0.2) is 14.4 Å². The number of carbonyl (C=O) groups excluding carboxylic acids is 1. The van der Waals surface area contributed by atoms with Crippen LogP contribution in [0.5, 0.6) is 0 Å². The molecule has 0 bridgehead atoms. The highest BCUT2D eigenvalue weighted by Crippen LogP contribution is 2.02. The Labute approximate surface area is 133 Å². The summed E-state index contributed by atoms with van der Waals surface area (Å²) in [7, 11) is 1.77. The quantitative estimate of drug-likeness (QED) is 0.259. The molecule has 2 atom stereocenters. The van der Waals surface area contributed by atoms with Gasteiger partial charge >= 0.3 is 23.9 Å². The lowest BCUT2D eigenvalue weighted by atomic mass is 10.1. The van der Waals surface area contributed by atoms with Crippen LogP contribution < -0.4 is 16.0 Å². The Bertz CT molecular complexity index is 428. The van der Waals surface area contributed by atoms with Crippen molar-refractivity contribution in [2.75, 3.05) is 13.6 Å². The number of rotatable bonds is 12. The molecule has 0 spiro atoms. The molecule has 0 saturated carbocycles. The van der Waals surface area contributed by atoms with E-state index in [0.717, 1.165) is 13.0 Å². The first-order chi connectivity index (χ1) is 10.8. The Balaban J connectivity index is 4.44. The number of unbranched alkanes of at least 4 members (excludes halogenated alkanes) is 1. The average molecular weight is 333 g/mol. The van der Waals surface area contributed by atoms with E-state index in [1.54, 1.807) is 7.05 Å². The molecule has 6 N–H and O–H groups in total. The molecular weight excluding hydrogens is 310 g/mol. The van der Waals surface area contributed by atoms with E-state index in [-0.39, 0.29) is 12.8 Å². The van der Waals surface area contributed by atoms with Crippen molar-refractivity contribution in [1.82, 2.24) is 16.0 Å². The van der Waals surface area contributed by atoms with Gasteiger partial charge < -0.3 is 31.3 Å². The van der Waals surface area contributed by atoms with Gasteiger partial charge in [0.25, 0.3) is 0 Å². The summed E-state index contributed by atoms with van der Waals surface area (Å²) < 4.78 is 0. The minimum Gasteiger partial charge on any atom is -0.481 e. The Kier molecular flexibility index (Phi) is 10.1. The van der Waals surface area contributed by atoms with Crippen molar-refractivity contribution >= 4 is 23.9 Å². The third-order valence-corrected chi connectivity index (χ3v) is 3.02. The molecule has 0 aromatic rings. The fourth-order valence-corrected chi connectivity index (χ4v) is 1.79. The van der Waals surface area contributed by atoms with E-state index < -0.39 is 42.4 Å². The Morgan fingerprint density at radius 2 is 1.39 bits per heavy atom. The van der Waals surface area contributed by atoms with Gasteiger partial charge in [0, 0.05) is 6.42 Å². The van der Waals surface area contributed by atoms with Gasteiger partial charge in [0.1, 0.15) is 12.1 Å². The standard InChI is InChI=1S/C13H23N3O7/c1-14-7-3-2-4-8(11(19)20)15-13(23)16-9(12(21)22)5-6-10(17)18/h8-9,14H,2-7H2,1H3,(H,17,18)(H,19,20)(H,21,22)(H2,15,16,23)/t8-,9-/m0/s1. The summed E-state index contributed by atoms with van der Waals surface area (Å²) in [6, 6.07) is -3.49. The molecule has 0 fully saturated rings. The highest BCUT2D eigenvalue weighted by molar-refractivity contribution is 5.86. The van der Waals surface area contributed by atoms with Crippen LogP contribution in [-0.2, 0) is 14.4 Å². The lowest BCUT2D eigenvalue weighted by Gasteiger charge is -2.18. The van der Waals surface area contributed by atoms with E-state index in [1.165, 1.54) is 0 Å². The van der Waals surface area contributed by atoms with E-state index in [0.29, 0.717) is 6.42 Å². The summed E-state index contributed by atoms with van der Waals surface area (Å²) in [5.41, 5.74) is 0. The number of carbonyl (C=O) groups is 4. The van der Waals surface area contributed by atoms with E-state index in [2.05, 4.69) is 16.0 Å². The summed E-state index contributed by atoms with van der Waals surface area (Å²) in [6.07, 6.45) is 0.790. The van der Waals surface area contributed by atoms with Gasteiger partial charge in [-0.3, -0.25) is 4.79 Å². The van der Waals surface area contributed by atoms with Gasteiger partial charge in [0.2, 0.25) is 0 Å². The largest absolute Gasteiger partial charge is 0.481 e. The topological polar surface area (TPSA) is 165 Å². The first-order valence-corrected chi connectivity index (χ1v) is 7.17. The van der Waals surface area contributed by atoms with E-state index in [4.69, 9.17) is 15.3 Å². The van der Waals surface area contributed by atoms with Crippen molar-refractivity contribution in [2.24, 2.45) is 0 Å². The molecule has 0 saturated heterocycles. The number of hydrogen-bond donors (Lipinski definition) is 6. The molecule has 10 heteroatoms. The van der Waals surface area contributed by atoms with E-state index in [1.807, 2.05) is 0 Å². The predicted octanol–water partition coefficient (Wildman–Crippen LogP) is -0.553. The van der Waals surface area contributed by atoms with Crippen LogP contribution in [0.3, 0.4) is 0 Å². The zero-order valence-corrected chi connectivity index (χ0v) is 12.9. The lowest BCUT2D eigenvalue weighted by Crippen LogP contribution is -2.51. The van der Waals surface area contributed by atoms with Crippen molar-refractivity contribution in [3.8, 4) is 0 Å². The molecule has 0 aliphatic heterocycles. The second-order valence-electron chi connectivity index (χ2n) is 4.93. The number of aliphatic carboxylic acids is 3. The number of urea groups is 1. The molecule has 0 aromatic heterocycles. The van der Waals surface area contributed by atoms with Crippen molar-refractivity contribution in [3.05, 3.63) is 0 Å². The maximum absolute atomic E-state index is 11.7. The highest BCUT2D eigenvalue weighted by atomic mass is 16.4. The predicted molar refractivity (Wildman–Crippen MR) is 79.2 cm³/mol. The van der Waals surface area contributed by atoms with E-state index in [9.17, 15) is 19.2 Å². The summed E-state index contributed by atoms with van der Waals surface area (Å²) >= 11 is 0. The molecule has 2 amide bonds. The number of carboxylic acids is 3. The van der Waals surface area contributed by atoms with Crippen molar-refractivity contribution < 1.29 is 34.5 Å². The Morgan fingerprint density at radius 3 is 1.83 bits per heavy atom. The Hall–Kier alpha value is -2.36. The van der Waals surface area contributed by atoms with Gasteiger partial charge in [-0.1, -0.05) is 0 Å². The molecule has 0 heterocycles. The summed E-state index contributed by atoms with van der Waals surface area (Å²) in [6.45, 7) is 0.717. The number of nitrogens with one attached hydrogen (secondary N) is 3. The van der Waals surface area contributed by atoms with Crippen LogP contribution in [0.1, 0.15) is 32.1 Å². The lowest BCUT2D eigenvalue weighted by molar-refractivity contribution is -0.140. The fraction of sp³-hybridized carbons (Fsp3) is 0.692. The molecule has 10 nitrogen and oxygen atoms in total. The monoisotopic (exact) mass is 333 g/mol. The summed E-state index contributed by atoms with van der Waals surface area (Å²) in [5, 5.41) is 33.7. The third kappa shape index (κ3) is 10.1. The normalized spacial score (nSPS) is 12.9. The van der Waals surface area contributed by atoms with Crippen molar-refractivity contribution in [3.63, 3.8) is 0 Å². The number of hydrogen-bond acceptors (Lipinski definition) is 5. The van der Waals surface area contributed by atoms with Crippen LogP contribution in [0.15, 0.2) is 0 Å².